The van der Waals surface area contributed by atoms with Crippen LogP contribution in [0.2, 0.25) is 0 Å². The van der Waals surface area contributed by atoms with Gasteiger partial charge in [0.05, 0.1) is 11.5 Å². The van der Waals surface area contributed by atoms with E-state index in [1.165, 1.54) is 4.90 Å². The lowest BCUT2D eigenvalue weighted by Gasteiger charge is -2.25. The van der Waals surface area contributed by atoms with Crippen molar-refractivity contribution in [1.29, 1.82) is 0 Å². The van der Waals surface area contributed by atoms with Crippen LogP contribution in [0.3, 0.4) is 0 Å². The normalized spacial score (nSPS) is 19.0. The number of hydrogen-bond donors (Lipinski definition) is 1. The maximum atomic E-state index is 12.4. The molecule has 1 aromatic carbocycles. The number of sulfone groups is 1. The van der Waals surface area contributed by atoms with Crippen LogP contribution in [0.1, 0.15) is 18.4 Å². The van der Waals surface area contributed by atoms with Gasteiger partial charge in [0.1, 0.15) is 6.54 Å². The molecule has 1 unspecified atom stereocenters. The molecule has 1 aliphatic rings. The summed E-state index contributed by atoms with van der Waals surface area (Å²) in [6.45, 7) is 0.298. The van der Waals surface area contributed by atoms with Crippen molar-refractivity contribution in [2.75, 3.05) is 31.6 Å². The van der Waals surface area contributed by atoms with E-state index in [1.807, 2.05) is 35.2 Å². The van der Waals surface area contributed by atoms with Gasteiger partial charge in [-0.05, 0) is 19.0 Å². The lowest BCUT2D eigenvalue weighted by molar-refractivity contribution is -0.145. The minimum atomic E-state index is -2.97. The van der Waals surface area contributed by atoms with Gasteiger partial charge >= 0.3 is 5.97 Å². The number of rotatable bonds is 8. The van der Waals surface area contributed by atoms with Gasteiger partial charge in [-0.15, -0.1) is 0 Å². The number of carboxylic acids is 1. The van der Waals surface area contributed by atoms with Crippen molar-refractivity contribution >= 4 is 21.7 Å². The second-order valence-electron chi connectivity index (χ2n) is 6.42. The van der Waals surface area contributed by atoms with Crippen molar-refractivity contribution in [3.8, 4) is 0 Å². The third-order valence-electron chi connectivity index (χ3n) is 4.41. The summed E-state index contributed by atoms with van der Waals surface area (Å²) in [7, 11) is -1.16. The second kappa shape index (κ2) is 8.44. The van der Waals surface area contributed by atoms with Crippen LogP contribution in [0.5, 0.6) is 0 Å². The van der Waals surface area contributed by atoms with Gasteiger partial charge in [-0.2, -0.15) is 0 Å². The highest BCUT2D eigenvalue weighted by Crippen LogP contribution is 2.17. The average molecular weight is 368 g/mol. The summed E-state index contributed by atoms with van der Waals surface area (Å²) in [5.74, 6) is -0.992. The molecule has 1 fully saturated rings. The summed E-state index contributed by atoms with van der Waals surface area (Å²) in [5, 5.41) is 9.05. The van der Waals surface area contributed by atoms with E-state index in [-0.39, 0.29) is 43.0 Å². The summed E-state index contributed by atoms with van der Waals surface area (Å²) in [6, 6.07) is 9.16. The first-order valence-electron chi connectivity index (χ1n) is 8.21. The Morgan fingerprint density at radius 1 is 1.24 bits per heavy atom. The number of carboxylic acid groups (broad SMARTS) is 1. The average Bonchev–Trinajstić information content (AvgIpc) is 2.92. The van der Waals surface area contributed by atoms with Gasteiger partial charge in [0.2, 0.25) is 5.91 Å². The van der Waals surface area contributed by atoms with Crippen LogP contribution in [0.25, 0.3) is 0 Å². The Morgan fingerprint density at radius 2 is 1.92 bits per heavy atom. The van der Waals surface area contributed by atoms with E-state index in [2.05, 4.69) is 0 Å². The first-order chi connectivity index (χ1) is 11.8. The van der Waals surface area contributed by atoms with Crippen LogP contribution in [-0.4, -0.2) is 72.9 Å². The molecule has 8 heteroatoms. The third-order valence-corrected chi connectivity index (χ3v) is 6.16. The molecule has 0 bridgehead atoms. The van der Waals surface area contributed by atoms with Gasteiger partial charge in [0, 0.05) is 25.6 Å². The van der Waals surface area contributed by atoms with E-state index in [9.17, 15) is 18.0 Å². The highest BCUT2D eigenvalue weighted by Gasteiger charge is 2.30. The van der Waals surface area contributed by atoms with Gasteiger partial charge in [-0.1, -0.05) is 30.3 Å². The second-order valence-corrected chi connectivity index (χ2v) is 8.65. The molecule has 25 heavy (non-hydrogen) atoms. The van der Waals surface area contributed by atoms with E-state index >= 15 is 0 Å². The molecule has 7 nitrogen and oxygen atoms in total. The van der Waals surface area contributed by atoms with Crippen LogP contribution < -0.4 is 0 Å². The lowest BCUT2D eigenvalue weighted by atomic mass is 10.2. The van der Waals surface area contributed by atoms with E-state index in [4.69, 9.17) is 5.11 Å². The van der Waals surface area contributed by atoms with Gasteiger partial charge < -0.3 is 14.9 Å². The van der Waals surface area contributed by atoms with Crippen molar-refractivity contribution in [2.24, 2.45) is 0 Å². The van der Waals surface area contributed by atoms with Crippen LogP contribution in [0, 0.1) is 0 Å². The topological polar surface area (TPSA) is 95.0 Å². The highest BCUT2D eigenvalue weighted by atomic mass is 32.2. The molecule has 0 saturated carbocycles. The van der Waals surface area contributed by atoms with Crippen molar-refractivity contribution in [2.45, 2.75) is 25.4 Å². The van der Waals surface area contributed by atoms with Crippen molar-refractivity contribution in [3.63, 3.8) is 0 Å². The molecular formula is C17H24N2O5S. The number of hydrogen-bond acceptors (Lipinski definition) is 5. The SMILES string of the molecule is CN(CCC(=O)N(CC(=O)O)Cc1ccccc1)C1CCS(=O)(=O)C1. The summed E-state index contributed by atoms with van der Waals surface area (Å²) in [5.41, 5.74) is 0.868. The summed E-state index contributed by atoms with van der Waals surface area (Å²) < 4.78 is 23.1. The number of carbonyl (C=O) groups is 2. The Bertz CT molecular complexity index is 705. The highest BCUT2D eigenvalue weighted by molar-refractivity contribution is 7.91. The van der Waals surface area contributed by atoms with Crippen LogP contribution >= 0.6 is 0 Å². The predicted molar refractivity (Wildman–Crippen MR) is 93.8 cm³/mol. The molecule has 138 valence electrons. The molecule has 1 atom stereocenters. The van der Waals surface area contributed by atoms with Gasteiger partial charge in [-0.25, -0.2) is 8.42 Å². The molecule has 1 N–H and O–H groups in total. The minimum absolute atomic E-state index is 0.0696. The van der Waals surface area contributed by atoms with Crippen LogP contribution in [0.4, 0.5) is 0 Å². The van der Waals surface area contributed by atoms with Crippen molar-refractivity contribution in [1.82, 2.24) is 9.80 Å². The molecular weight excluding hydrogens is 344 g/mol. The van der Waals surface area contributed by atoms with Crippen molar-refractivity contribution in [3.05, 3.63) is 35.9 Å². The number of nitrogens with zero attached hydrogens (tertiary/aromatic N) is 2. The Labute approximate surface area is 148 Å². The first-order valence-corrected chi connectivity index (χ1v) is 10.0. The number of benzene rings is 1. The Kier molecular flexibility index (Phi) is 6.55. The van der Waals surface area contributed by atoms with E-state index < -0.39 is 15.8 Å². The zero-order valence-corrected chi connectivity index (χ0v) is 15.1. The Morgan fingerprint density at radius 3 is 2.48 bits per heavy atom. The fraction of sp³-hybridized carbons (Fsp3) is 0.529. The Hall–Kier alpha value is -1.93. The van der Waals surface area contributed by atoms with E-state index in [1.54, 1.807) is 7.05 Å². The minimum Gasteiger partial charge on any atom is -0.480 e. The zero-order chi connectivity index (χ0) is 18.4. The molecule has 0 aromatic heterocycles. The van der Waals surface area contributed by atoms with Crippen LogP contribution in [0.15, 0.2) is 30.3 Å². The number of amides is 1. The monoisotopic (exact) mass is 368 g/mol. The summed E-state index contributed by atoms with van der Waals surface area (Å²) >= 11 is 0. The maximum absolute atomic E-state index is 12.4. The first kappa shape index (κ1) is 19.4. The van der Waals surface area contributed by atoms with Gasteiger partial charge in [0.25, 0.3) is 0 Å². The predicted octanol–water partition coefficient (Wildman–Crippen LogP) is 0.609. The summed E-state index contributed by atoms with van der Waals surface area (Å²) in [4.78, 5) is 26.7. The van der Waals surface area contributed by atoms with Gasteiger partial charge in [0.15, 0.2) is 9.84 Å². The summed E-state index contributed by atoms with van der Waals surface area (Å²) in [6.07, 6.45) is 0.739. The van der Waals surface area contributed by atoms with E-state index in [0.717, 1.165) is 5.56 Å². The molecule has 0 spiro atoms. The smallest absolute Gasteiger partial charge is 0.323 e. The number of aliphatic carboxylic acids is 1. The fourth-order valence-corrected chi connectivity index (χ4v) is 4.74. The standard InChI is InChI=1S/C17H24N2O5S/c1-18(15-8-10-25(23,24)13-15)9-7-16(20)19(12-17(21)22)11-14-5-3-2-4-6-14/h2-6,15H,7-13H2,1H3,(H,21,22). The van der Waals surface area contributed by atoms with Gasteiger partial charge in [-0.3, -0.25) is 9.59 Å². The molecule has 1 saturated heterocycles. The van der Waals surface area contributed by atoms with Crippen LogP contribution in [-0.2, 0) is 26.0 Å². The molecule has 0 radical (unpaired) electrons. The molecule has 1 aliphatic heterocycles. The Balaban J connectivity index is 1.91. The quantitative estimate of drug-likeness (QED) is 0.722. The largest absolute Gasteiger partial charge is 0.480 e. The third kappa shape index (κ3) is 6.13. The fourth-order valence-electron chi connectivity index (χ4n) is 2.94. The van der Waals surface area contributed by atoms with E-state index in [0.29, 0.717) is 13.0 Å². The molecule has 1 heterocycles. The van der Waals surface area contributed by atoms with Crippen molar-refractivity contribution < 1.29 is 23.1 Å². The lowest BCUT2D eigenvalue weighted by Crippen LogP contribution is -2.39. The molecule has 0 aliphatic carbocycles. The number of carbonyl (C=O) groups excluding carboxylic acids is 1. The molecule has 1 aromatic rings. The molecule has 2 rings (SSSR count). The zero-order valence-electron chi connectivity index (χ0n) is 14.3. The molecule has 1 amide bonds. The maximum Gasteiger partial charge on any atom is 0.323 e.